The summed E-state index contributed by atoms with van der Waals surface area (Å²) < 4.78 is 29.5. The Morgan fingerprint density at radius 2 is 1.92 bits per heavy atom. The van der Waals surface area contributed by atoms with Gasteiger partial charge in [0, 0.05) is 26.7 Å². The van der Waals surface area contributed by atoms with E-state index in [-0.39, 0.29) is 5.75 Å². The molecule has 24 heavy (non-hydrogen) atoms. The second-order valence-electron chi connectivity index (χ2n) is 7.46. The van der Waals surface area contributed by atoms with E-state index in [9.17, 15) is 8.42 Å². The Hall–Kier alpha value is -0.820. The zero-order chi connectivity index (χ0) is 17.6. The predicted octanol–water partition coefficient (Wildman–Crippen LogP) is 1.81. The molecule has 1 heterocycles. The summed E-state index contributed by atoms with van der Waals surface area (Å²) in [5.74, 6) is 0.946. The van der Waals surface area contributed by atoms with Crippen LogP contribution < -0.4 is 5.32 Å². The van der Waals surface area contributed by atoms with Gasteiger partial charge in [-0.25, -0.2) is 8.42 Å². The van der Waals surface area contributed by atoms with Crippen molar-refractivity contribution in [3.8, 4) is 0 Å². The Morgan fingerprint density at radius 1 is 1.25 bits per heavy atom. The predicted molar refractivity (Wildman–Crippen MR) is 98.2 cm³/mol. The Labute approximate surface area is 147 Å². The van der Waals surface area contributed by atoms with Crippen LogP contribution in [0.15, 0.2) is 4.99 Å². The summed E-state index contributed by atoms with van der Waals surface area (Å²) >= 11 is 0. The molecule has 1 aliphatic carbocycles. The van der Waals surface area contributed by atoms with Crippen LogP contribution in [0.3, 0.4) is 0 Å². The third-order valence-corrected chi connectivity index (χ3v) is 7.63. The Kier molecular flexibility index (Phi) is 6.92. The van der Waals surface area contributed by atoms with Crippen LogP contribution in [0.5, 0.6) is 0 Å². The monoisotopic (exact) mass is 359 g/mol. The quantitative estimate of drug-likeness (QED) is 0.359. The van der Waals surface area contributed by atoms with E-state index in [2.05, 4.69) is 10.3 Å². The molecule has 0 aromatic heterocycles. The molecule has 0 spiro atoms. The molecule has 0 unspecified atom stereocenters. The molecule has 1 N–H and O–H groups in total. The van der Waals surface area contributed by atoms with Crippen LogP contribution >= 0.6 is 0 Å². The molecule has 1 aliphatic heterocycles. The third kappa shape index (κ3) is 5.09. The number of ether oxygens (including phenoxy) is 1. The lowest BCUT2D eigenvalue weighted by Gasteiger charge is -2.39. The van der Waals surface area contributed by atoms with Gasteiger partial charge < -0.3 is 15.0 Å². The normalized spacial score (nSPS) is 25.3. The topological polar surface area (TPSA) is 71.0 Å². The second-order valence-corrected chi connectivity index (χ2v) is 10.2. The van der Waals surface area contributed by atoms with Crippen molar-refractivity contribution < 1.29 is 13.2 Å². The van der Waals surface area contributed by atoms with Gasteiger partial charge in [0.25, 0.3) is 0 Å². The minimum absolute atomic E-state index is 0.180. The van der Waals surface area contributed by atoms with Crippen LogP contribution in [0, 0.1) is 0 Å². The number of nitrogens with one attached hydrogen (secondary N) is 1. The summed E-state index contributed by atoms with van der Waals surface area (Å²) in [6.07, 6.45) is 7.96. The number of hydrogen-bond acceptors (Lipinski definition) is 4. The van der Waals surface area contributed by atoms with Gasteiger partial charge in [-0.05, 0) is 26.7 Å². The van der Waals surface area contributed by atoms with E-state index in [1.807, 2.05) is 4.90 Å². The molecule has 0 radical (unpaired) electrons. The number of guanidine groups is 1. The first-order valence-corrected chi connectivity index (χ1v) is 10.8. The van der Waals surface area contributed by atoms with Crippen molar-refractivity contribution in [1.82, 2.24) is 10.2 Å². The lowest BCUT2D eigenvalue weighted by molar-refractivity contribution is 0.0465. The number of rotatable bonds is 4. The highest BCUT2D eigenvalue weighted by Crippen LogP contribution is 2.23. The summed E-state index contributed by atoms with van der Waals surface area (Å²) in [6.45, 7) is 5.91. The molecule has 0 atom stereocenters. The number of aliphatic imine (C=N–C) groups is 1. The molecule has 1 saturated carbocycles. The first-order chi connectivity index (χ1) is 11.4. The van der Waals surface area contributed by atoms with Crippen LogP contribution in [0.2, 0.25) is 0 Å². The van der Waals surface area contributed by atoms with Crippen molar-refractivity contribution in [2.24, 2.45) is 4.99 Å². The molecule has 0 aromatic rings. The van der Waals surface area contributed by atoms with Crippen LogP contribution in [-0.2, 0) is 14.6 Å². The van der Waals surface area contributed by atoms with E-state index in [1.165, 1.54) is 38.5 Å². The SMILES string of the molecule is CN=C(NCCOC1CCCCCC1)N1CCS(=O)(=O)C(C)(C)C1. The first kappa shape index (κ1) is 19.5. The third-order valence-electron chi connectivity index (χ3n) is 5.10. The summed E-state index contributed by atoms with van der Waals surface area (Å²) in [5, 5.41) is 3.32. The maximum atomic E-state index is 12.1. The largest absolute Gasteiger partial charge is 0.376 e. The van der Waals surface area contributed by atoms with Crippen molar-refractivity contribution in [2.75, 3.05) is 39.0 Å². The lowest BCUT2D eigenvalue weighted by Crippen LogP contribution is -2.57. The summed E-state index contributed by atoms with van der Waals surface area (Å²) in [6, 6.07) is 0. The molecular formula is C17H33N3O3S. The van der Waals surface area contributed by atoms with Gasteiger partial charge in [-0.2, -0.15) is 0 Å². The van der Waals surface area contributed by atoms with E-state index in [1.54, 1.807) is 20.9 Å². The fourth-order valence-electron chi connectivity index (χ4n) is 3.45. The minimum atomic E-state index is -3.03. The van der Waals surface area contributed by atoms with Gasteiger partial charge >= 0.3 is 0 Å². The molecule has 2 rings (SSSR count). The summed E-state index contributed by atoms with van der Waals surface area (Å²) in [5.41, 5.74) is 0. The number of sulfone groups is 1. The minimum Gasteiger partial charge on any atom is -0.376 e. The van der Waals surface area contributed by atoms with E-state index in [0.29, 0.717) is 32.3 Å². The molecule has 7 heteroatoms. The standard InChI is InChI=1S/C17H33N3O3S/c1-17(2)14-20(11-13-24(17,21)22)16(18-3)19-10-12-23-15-8-6-4-5-7-9-15/h15H,4-14H2,1-3H3,(H,18,19). The van der Waals surface area contributed by atoms with Gasteiger partial charge in [0.15, 0.2) is 15.8 Å². The van der Waals surface area contributed by atoms with Crippen LogP contribution in [0.25, 0.3) is 0 Å². The molecular weight excluding hydrogens is 326 g/mol. The average molecular weight is 360 g/mol. The summed E-state index contributed by atoms with van der Waals surface area (Å²) in [7, 11) is -1.29. The van der Waals surface area contributed by atoms with Gasteiger partial charge in [0.1, 0.15) is 0 Å². The Bertz CT molecular complexity index is 523. The molecule has 1 saturated heterocycles. The van der Waals surface area contributed by atoms with Gasteiger partial charge in [-0.3, -0.25) is 4.99 Å². The van der Waals surface area contributed by atoms with Crippen LogP contribution in [0.4, 0.5) is 0 Å². The number of hydrogen-bond donors (Lipinski definition) is 1. The molecule has 6 nitrogen and oxygen atoms in total. The van der Waals surface area contributed by atoms with Gasteiger partial charge in [-0.15, -0.1) is 0 Å². The van der Waals surface area contributed by atoms with Crippen molar-refractivity contribution in [2.45, 2.75) is 63.2 Å². The summed E-state index contributed by atoms with van der Waals surface area (Å²) in [4.78, 5) is 6.34. The van der Waals surface area contributed by atoms with Crippen molar-refractivity contribution >= 4 is 15.8 Å². The highest BCUT2D eigenvalue weighted by Gasteiger charge is 2.40. The first-order valence-electron chi connectivity index (χ1n) is 9.15. The highest BCUT2D eigenvalue weighted by molar-refractivity contribution is 7.92. The second kappa shape index (κ2) is 8.52. The van der Waals surface area contributed by atoms with Gasteiger partial charge in [0.05, 0.1) is 23.2 Å². The van der Waals surface area contributed by atoms with E-state index in [4.69, 9.17) is 4.74 Å². The molecule has 2 fully saturated rings. The van der Waals surface area contributed by atoms with Crippen molar-refractivity contribution in [3.63, 3.8) is 0 Å². The molecule has 2 aliphatic rings. The maximum absolute atomic E-state index is 12.1. The Morgan fingerprint density at radius 3 is 2.50 bits per heavy atom. The molecule has 0 bridgehead atoms. The highest BCUT2D eigenvalue weighted by atomic mass is 32.2. The van der Waals surface area contributed by atoms with E-state index < -0.39 is 14.6 Å². The fourth-order valence-corrected chi connectivity index (χ4v) is 4.82. The van der Waals surface area contributed by atoms with Crippen LogP contribution in [0.1, 0.15) is 52.4 Å². The maximum Gasteiger partial charge on any atom is 0.193 e. The number of nitrogens with zero attached hydrogens (tertiary/aromatic N) is 2. The Balaban J connectivity index is 1.76. The molecule has 0 amide bonds. The van der Waals surface area contributed by atoms with Gasteiger partial charge in [0.2, 0.25) is 0 Å². The molecule has 0 aromatic carbocycles. The lowest BCUT2D eigenvalue weighted by atomic mass is 10.1. The van der Waals surface area contributed by atoms with E-state index in [0.717, 1.165) is 5.96 Å². The zero-order valence-electron chi connectivity index (χ0n) is 15.4. The van der Waals surface area contributed by atoms with Crippen molar-refractivity contribution in [3.05, 3.63) is 0 Å². The zero-order valence-corrected chi connectivity index (χ0v) is 16.2. The van der Waals surface area contributed by atoms with Crippen LogP contribution in [-0.4, -0.2) is 69.2 Å². The van der Waals surface area contributed by atoms with Crippen molar-refractivity contribution in [1.29, 1.82) is 0 Å². The fraction of sp³-hybridized carbons (Fsp3) is 0.941. The smallest absolute Gasteiger partial charge is 0.193 e. The average Bonchev–Trinajstić information content (AvgIpc) is 2.79. The van der Waals surface area contributed by atoms with Gasteiger partial charge in [-0.1, -0.05) is 25.7 Å². The molecule has 140 valence electrons. The van der Waals surface area contributed by atoms with E-state index >= 15 is 0 Å².